The predicted octanol–water partition coefficient (Wildman–Crippen LogP) is 8.59. The van der Waals surface area contributed by atoms with E-state index in [-0.39, 0.29) is 54.7 Å². The number of nitrogens with zero attached hydrogens (tertiary/aromatic N) is 11. The van der Waals surface area contributed by atoms with E-state index in [4.69, 9.17) is 5.11 Å². The third-order valence-electron chi connectivity index (χ3n) is 9.13. The Hall–Kier alpha value is -2.26. The molecule has 1 amide bonds. The van der Waals surface area contributed by atoms with E-state index in [1.807, 2.05) is 20.9 Å². The summed E-state index contributed by atoms with van der Waals surface area (Å²) in [6.45, 7) is 7.40. The van der Waals surface area contributed by atoms with Crippen LogP contribution in [0.4, 0.5) is 26.3 Å². The first-order valence-electron chi connectivity index (χ1n) is 19.1. The van der Waals surface area contributed by atoms with Gasteiger partial charge in [0.15, 0.2) is 11.4 Å². The van der Waals surface area contributed by atoms with E-state index in [9.17, 15) is 35.9 Å². The zero-order valence-corrected chi connectivity index (χ0v) is 49.4. The number of halogens is 12. The van der Waals surface area contributed by atoms with Crippen molar-refractivity contribution in [1.82, 2.24) is 60.1 Å². The molecule has 6 aromatic rings. The van der Waals surface area contributed by atoms with Gasteiger partial charge in [-0.15, -0.1) is 33.6 Å². The van der Waals surface area contributed by atoms with Crippen molar-refractivity contribution in [1.29, 1.82) is 0 Å². The quantitative estimate of drug-likeness (QED) is 0.0881. The number of nitrogens with one attached hydrogen (secondary N) is 1. The molecule has 376 valence electrons. The summed E-state index contributed by atoms with van der Waals surface area (Å²) in [4.78, 5) is 44.1. The Labute approximate surface area is 461 Å². The predicted molar refractivity (Wildman–Crippen MR) is 288 cm³/mol. The van der Waals surface area contributed by atoms with E-state index in [2.05, 4.69) is 120 Å². The molecule has 0 radical (unpaired) electrons. The van der Waals surface area contributed by atoms with Crippen molar-refractivity contribution in [2.45, 2.75) is 85.2 Å². The van der Waals surface area contributed by atoms with E-state index in [1.165, 1.54) is 46.5 Å². The number of alkyl halides is 6. The van der Waals surface area contributed by atoms with Crippen LogP contribution in [-0.2, 0) is 25.2 Å². The molecular weight excluding hydrogens is 1580 g/mol. The molecule has 15 nitrogen and oxygen atoms in total. The van der Waals surface area contributed by atoms with Gasteiger partial charge in [-0.3, -0.25) is 14.8 Å². The fourth-order valence-electron chi connectivity index (χ4n) is 5.32. The van der Waals surface area contributed by atoms with Crippen LogP contribution in [0.1, 0.15) is 89.0 Å². The van der Waals surface area contributed by atoms with Crippen molar-refractivity contribution in [3.05, 3.63) is 131 Å². The number of rotatable bonds is 12. The normalized spacial score (nSPS) is 11.5. The Balaban J connectivity index is 0.00000100. The summed E-state index contributed by atoms with van der Waals surface area (Å²) in [6, 6.07) is 11.9. The first-order chi connectivity index (χ1) is 31.2. The Bertz CT molecular complexity index is 2350. The zero-order chi connectivity index (χ0) is 49.6. The molecule has 0 unspecified atom stereocenters. The van der Waals surface area contributed by atoms with Gasteiger partial charge in [-0.05, 0) is 109 Å². The van der Waals surface area contributed by atoms with Crippen LogP contribution in [0, 0.1) is 13.8 Å². The molecule has 68 heavy (non-hydrogen) atoms. The molecule has 0 spiro atoms. The van der Waals surface area contributed by atoms with Gasteiger partial charge in [-0.2, -0.15) is 46.7 Å². The van der Waals surface area contributed by atoms with Crippen molar-refractivity contribution in [2.75, 3.05) is 14.1 Å². The first kappa shape index (κ1) is 65.7. The summed E-state index contributed by atoms with van der Waals surface area (Å²) in [5.74, 6) is -1.38. The second-order valence-corrected chi connectivity index (χ2v) is 30.0. The number of aryl methyl sites for hydroxylation is 4. The van der Waals surface area contributed by atoms with Crippen LogP contribution >= 0.6 is 98.4 Å². The topological polar surface area (TPSA) is 183 Å². The van der Waals surface area contributed by atoms with Gasteiger partial charge in [-0.25, -0.2) is 14.8 Å². The van der Waals surface area contributed by atoms with Crippen LogP contribution in [0.15, 0.2) is 85.7 Å². The molecule has 27 heteroatoms. The fraction of sp³-hybridized carbons (Fsp3) is 0.366. The van der Waals surface area contributed by atoms with Crippen molar-refractivity contribution < 1.29 is 54.3 Å². The number of aromatic carboxylic acids is 1. The maximum absolute atomic E-state index is 13.1. The van der Waals surface area contributed by atoms with Crippen molar-refractivity contribution in [2.24, 2.45) is 0 Å². The average molecular weight is 1630 g/mol. The number of amides is 1. The van der Waals surface area contributed by atoms with Crippen molar-refractivity contribution in [3.63, 3.8) is 0 Å². The van der Waals surface area contributed by atoms with Crippen LogP contribution in [-0.4, -0.2) is 98.0 Å². The molecular formula is C41H49F6I6N12O3-. The Morgan fingerprint density at radius 2 is 1.10 bits per heavy atom. The Morgan fingerprint density at radius 3 is 1.46 bits per heavy atom. The van der Waals surface area contributed by atoms with Crippen molar-refractivity contribution >= 4 is 110 Å². The van der Waals surface area contributed by atoms with Gasteiger partial charge in [0.05, 0.1) is 35.9 Å². The molecule has 2 atom stereocenters. The van der Waals surface area contributed by atoms with E-state index in [0.717, 1.165) is 30.9 Å². The van der Waals surface area contributed by atoms with Gasteiger partial charge in [0.1, 0.15) is 11.4 Å². The van der Waals surface area contributed by atoms with Crippen LogP contribution in [0.5, 0.6) is 0 Å². The van der Waals surface area contributed by atoms with Gasteiger partial charge < -0.3 is 15.3 Å². The summed E-state index contributed by atoms with van der Waals surface area (Å²) in [6.07, 6.45) is 1.49. The Morgan fingerprint density at radius 1 is 0.721 bits per heavy atom. The minimum absolute atomic E-state index is 0. The number of pyridine rings is 4. The molecule has 0 aliphatic rings. The molecule has 0 aliphatic heterocycles. The third-order valence-corrected chi connectivity index (χ3v) is 9.13. The first-order valence-corrected chi connectivity index (χ1v) is 38.0. The van der Waals surface area contributed by atoms with Crippen LogP contribution in [0.2, 0.25) is 0 Å². The second kappa shape index (κ2) is 33.4. The number of hydrogen-bond acceptors (Lipinski definition) is 11. The second-order valence-electron chi connectivity index (χ2n) is 13.7. The summed E-state index contributed by atoms with van der Waals surface area (Å²) in [7, 11) is 3.52. The minimum atomic E-state index is -4.41. The zero-order valence-electron chi connectivity index (χ0n) is 36.3. The number of carboxylic acid groups (broad SMARTS) is 1. The molecule has 6 rings (SSSR count). The summed E-state index contributed by atoms with van der Waals surface area (Å²) < 4.78 is 74.7. The molecule has 0 bridgehead atoms. The summed E-state index contributed by atoms with van der Waals surface area (Å²) >= 11 is 9.54. The third kappa shape index (κ3) is 22.4. The van der Waals surface area contributed by atoms with E-state index >= 15 is 0 Å². The molecule has 0 saturated carbocycles. The maximum atomic E-state index is 13.1. The number of carbonyl (C=O) groups excluding carboxylic acids is 1. The van der Waals surface area contributed by atoms with Gasteiger partial charge in [-0.1, -0.05) is 7.43 Å². The summed E-state index contributed by atoms with van der Waals surface area (Å²) in [5.41, 5.74) is 2.08. The standard InChI is InChI=1S/C20H21F3N6O.C11H15F3N2.C9H8N4O2.CH4.I3.I2.HI/c1-13-4-9-17(29-25-10-11-26-29)18(27-13)19(30)28(3)14(2)5-7-16-8-6-15(12-24-16)20(21,22)23;1-8(15-2)3-5-10-6-4-9(7-16-10)11(12,13)14;1-6-2-3-7(8(12-6)9(14)15)13-10-4-5-11-13;;1-3-2;1-2;/h4,6,8-12,14H,5,7H2,1-3H3;4,6-8,15H,3,5H2,1-2H3;2-5H,1H3,(H,14,15);1H4;;;1H/q;;;;-1;;/t14-;8-;;;;;/m00...../s1. The van der Waals surface area contributed by atoms with E-state index in [1.54, 1.807) is 50.1 Å². The number of aromatic nitrogens is 10. The SMILES string of the molecule is C.CN[C@@H](C)CCc1ccc(C(F)(F)F)cn1.Cc1ccc(-n2nccn2)c(C(=O)N(C)[C@@H](C)CCc2ccc(C(F)(F)F)cn2)n1.Cc1ccc(-n2nccn2)c(C(=O)O)n1.I.II.I[I-]I. The molecule has 0 aromatic carbocycles. The molecule has 6 aromatic heterocycles. The van der Waals surface area contributed by atoms with Gasteiger partial charge in [0.2, 0.25) is 0 Å². The van der Waals surface area contributed by atoms with Crippen LogP contribution < -0.4 is 18.6 Å². The Kier molecular flexibility index (Phi) is 32.3. The number of hydrogen-bond donors (Lipinski definition) is 2. The number of carboxylic acids is 1. The molecule has 6 heterocycles. The molecule has 0 aliphatic carbocycles. The summed E-state index contributed by atoms with van der Waals surface area (Å²) in [5, 5.41) is 27.9. The van der Waals surface area contributed by atoms with Gasteiger partial charge in [0, 0.05) is 91.5 Å². The fourth-order valence-corrected chi connectivity index (χ4v) is 5.32. The molecule has 2 N–H and O–H groups in total. The van der Waals surface area contributed by atoms with Gasteiger partial charge >= 0.3 is 68.8 Å². The monoisotopic (exact) mass is 1630 g/mol. The molecule has 0 saturated heterocycles. The number of carbonyl (C=O) groups is 2. The van der Waals surface area contributed by atoms with Crippen LogP contribution in [0.25, 0.3) is 11.4 Å². The van der Waals surface area contributed by atoms with Crippen molar-refractivity contribution in [3.8, 4) is 11.4 Å². The average Bonchev–Trinajstić information content (AvgIpc) is 4.04. The van der Waals surface area contributed by atoms with E-state index in [0.29, 0.717) is 72.7 Å². The van der Waals surface area contributed by atoms with E-state index < -0.39 is 29.4 Å². The van der Waals surface area contributed by atoms with Crippen LogP contribution in [0.3, 0.4) is 0 Å². The molecule has 0 fully saturated rings. The van der Waals surface area contributed by atoms with Gasteiger partial charge in [0.25, 0.3) is 5.91 Å².